The van der Waals surface area contributed by atoms with Gasteiger partial charge in [0, 0.05) is 21.2 Å². The number of hydrogen-bond acceptors (Lipinski definition) is 2. The monoisotopic (exact) mass is 383 g/mol. The van der Waals surface area contributed by atoms with Gasteiger partial charge >= 0.3 is 5.97 Å². The molecule has 0 atom stereocenters. The zero-order valence-electron chi connectivity index (χ0n) is 9.86. The molecule has 0 bridgehead atoms. The van der Waals surface area contributed by atoms with Crippen molar-refractivity contribution in [2.75, 3.05) is 5.32 Å². The summed E-state index contributed by atoms with van der Waals surface area (Å²) < 4.78 is 1.61. The molecule has 0 aromatic heterocycles. The van der Waals surface area contributed by atoms with Gasteiger partial charge in [-0.25, -0.2) is 4.79 Å². The van der Waals surface area contributed by atoms with E-state index < -0.39 is 5.97 Å². The number of benzene rings is 2. The Labute approximate surface area is 127 Å². The molecule has 0 spiro atoms. The first-order valence-electron chi connectivity index (χ1n) is 5.58. The predicted octanol–water partition coefficient (Wildman–Crippen LogP) is 4.52. The van der Waals surface area contributed by atoms with Crippen LogP contribution in [0.25, 0.3) is 0 Å². The minimum Gasteiger partial charge on any atom is -0.478 e. The molecule has 0 saturated heterocycles. The van der Waals surface area contributed by atoms with E-state index in [9.17, 15) is 4.79 Å². The van der Waals surface area contributed by atoms with Crippen molar-refractivity contribution in [3.05, 3.63) is 62.5 Å². The van der Waals surface area contributed by atoms with Crippen LogP contribution in [0.3, 0.4) is 0 Å². The van der Waals surface area contributed by atoms with Crippen molar-refractivity contribution in [1.82, 2.24) is 0 Å². The number of hydrogen-bond donors (Lipinski definition) is 2. The number of nitrogens with one attached hydrogen (secondary N) is 1. The summed E-state index contributed by atoms with van der Waals surface area (Å²) in [7, 11) is 0. The SMILES string of the molecule is O=C(O)c1ccc(NCc2ccccc2Br)cc1Br. The zero-order chi connectivity index (χ0) is 13.8. The Kier molecular flexibility index (Phi) is 4.61. The Bertz CT molecular complexity index is 614. The Morgan fingerprint density at radius 2 is 1.84 bits per heavy atom. The fourth-order valence-electron chi connectivity index (χ4n) is 1.64. The van der Waals surface area contributed by atoms with Crippen LogP contribution in [0.4, 0.5) is 5.69 Å². The molecule has 2 aromatic carbocycles. The first-order valence-corrected chi connectivity index (χ1v) is 7.16. The van der Waals surface area contributed by atoms with E-state index in [0.717, 1.165) is 15.7 Å². The summed E-state index contributed by atoms with van der Waals surface area (Å²) in [6.07, 6.45) is 0. The van der Waals surface area contributed by atoms with E-state index in [4.69, 9.17) is 5.11 Å². The number of carboxylic acid groups (broad SMARTS) is 1. The van der Waals surface area contributed by atoms with Crippen LogP contribution in [0.5, 0.6) is 0 Å². The summed E-state index contributed by atoms with van der Waals surface area (Å²) in [5.74, 6) is -0.941. The van der Waals surface area contributed by atoms with Crippen LogP contribution < -0.4 is 5.32 Å². The first-order chi connectivity index (χ1) is 9.08. The third kappa shape index (κ3) is 3.58. The lowest BCUT2D eigenvalue weighted by molar-refractivity contribution is 0.0696. The van der Waals surface area contributed by atoms with Crippen LogP contribution in [0.15, 0.2) is 51.4 Å². The van der Waals surface area contributed by atoms with E-state index in [-0.39, 0.29) is 5.56 Å². The summed E-state index contributed by atoms with van der Waals surface area (Å²) in [5, 5.41) is 12.2. The van der Waals surface area contributed by atoms with Crippen LogP contribution >= 0.6 is 31.9 Å². The van der Waals surface area contributed by atoms with Gasteiger partial charge in [0.1, 0.15) is 0 Å². The van der Waals surface area contributed by atoms with Gasteiger partial charge in [-0.05, 0) is 45.8 Å². The van der Waals surface area contributed by atoms with Gasteiger partial charge in [-0.15, -0.1) is 0 Å². The first kappa shape index (κ1) is 14.1. The second-order valence-corrected chi connectivity index (χ2v) is 5.65. The summed E-state index contributed by atoms with van der Waals surface area (Å²) in [5.41, 5.74) is 2.26. The number of anilines is 1. The van der Waals surface area contributed by atoms with E-state index in [1.807, 2.05) is 24.3 Å². The number of carbonyl (C=O) groups is 1. The quantitative estimate of drug-likeness (QED) is 0.814. The Hall–Kier alpha value is -1.33. The number of carboxylic acids is 1. The standard InChI is InChI=1S/C14H11Br2NO2/c15-12-4-2-1-3-9(12)8-17-10-5-6-11(14(18)19)13(16)7-10/h1-7,17H,8H2,(H,18,19). The summed E-state index contributed by atoms with van der Waals surface area (Å²) >= 11 is 6.75. The van der Waals surface area contributed by atoms with Crippen molar-refractivity contribution in [2.45, 2.75) is 6.54 Å². The zero-order valence-corrected chi connectivity index (χ0v) is 13.0. The Morgan fingerprint density at radius 3 is 2.47 bits per heavy atom. The maximum Gasteiger partial charge on any atom is 0.336 e. The van der Waals surface area contributed by atoms with Gasteiger partial charge in [-0.3, -0.25) is 0 Å². The van der Waals surface area contributed by atoms with Crippen LogP contribution in [0.2, 0.25) is 0 Å². The lowest BCUT2D eigenvalue weighted by atomic mass is 10.2. The third-order valence-corrected chi connectivity index (χ3v) is 4.07. The highest BCUT2D eigenvalue weighted by Crippen LogP contribution is 2.23. The van der Waals surface area contributed by atoms with E-state index >= 15 is 0 Å². The van der Waals surface area contributed by atoms with Crippen molar-refractivity contribution < 1.29 is 9.90 Å². The average Bonchev–Trinajstić information content (AvgIpc) is 2.37. The molecule has 2 N–H and O–H groups in total. The molecule has 5 heteroatoms. The van der Waals surface area contributed by atoms with E-state index in [2.05, 4.69) is 37.2 Å². The molecule has 0 aliphatic rings. The molecule has 98 valence electrons. The Balaban J connectivity index is 2.11. The molecule has 0 aliphatic heterocycles. The minimum absolute atomic E-state index is 0.256. The second-order valence-electron chi connectivity index (χ2n) is 3.94. The predicted molar refractivity (Wildman–Crippen MR) is 82.6 cm³/mol. The molecule has 2 rings (SSSR count). The lowest BCUT2D eigenvalue weighted by Gasteiger charge is -2.09. The maximum atomic E-state index is 10.9. The van der Waals surface area contributed by atoms with Crippen molar-refractivity contribution >= 4 is 43.5 Å². The molecule has 0 aliphatic carbocycles. The number of rotatable bonds is 4. The van der Waals surface area contributed by atoms with Crippen LogP contribution in [0.1, 0.15) is 15.9 Å². The average molecular weight is 385 g/mol. The van der Waals surface area contributed by atoms with Gasteiger partial charge < -0.3 is 10.4 Å². The van der Waals surface area contributed by atoms with Crippen molar-refractivity contribution in [2.24, 2.45) is 0 Å². The number of aromatic carboxylic acids is 1. The summed E-state index contributed by atoms with van der Waals surface area (Å²) in [6.45, 7) is 0.667. The normalized spacial score (nSPS) is 10.2. The lowest BCUT2D eigenvalue weighted by Crippen LogP contribution is -2.02. The van der Waals surface area contributed by atoms with Gasteiger partial charge in [-0.1, -0.05) is 34.1 Å². The fraction of sp³-hybridized carbons (Fsp3) is 0.0714. The van der Waals surface area contributed by atoms with Crippen molar-refractivity contribution in [3.63, 3.8) is 0 Å². The number of halogens is 2. The molecular weight excluding hydrogens is 374 g/mol. The van der Waals surface area contributed by atoms with Crippen molar-refractivity contribution in [1.29, 1.82) is 0 Å². The highest BCUT2D eigenvalue weighted by atomic mass is 79.9. The van der Waals surface area contributed by atoms with Crippen LogP contribution in [-0.4, -0.2) is 11.1 Å². The van der Waals surface area contributed by atoms with E-state index in [1.165, 1.54) is 0 Å². The molecule has 2 aromatic rings. The third-order valence-electron chi connectivity index (χ3n) is 2.64. The summed E-state index contributed by atoms with van der Waals surface area (Å²) in [6, 6.07) is 13.1. The van der Waals surface area contributed by atoms with E-state index in [1.54, 1.807) is 18.2 Å². The topological polar surface area (TPSA) is 49.3 Å². The van der Waals surface area contributed by atoms with Gasteiger partial charge in [0.05, 0.1) is 5.56 Å². The molecule has 0 radical (unpaired) electrons. The second kappa shape index (κ2) is 6.21. The molecular formula is C14H11Br2NO2. The van der Waals surface area contributed by atoms with Crippen molar-refractivity contribution in [3.8, 4) is 0 Å². The summed E-state index contributed by atoms with van der Waals surface area (Å²) in [4.78, 5) is 10.9. The van der Waals surface area contributed by atoms with E-state index in [0.29, 0.717) is 11.0 Å². The van der Waals surface area contributed by atoms with Crippen LogP contribution in [0, 0.1) is 0 Å². The molecule has 0 fully saturated rings. The minimum atomic E-state index is -0.941. The Morgan fingerprint density at radius 1 is 1.11 bits per heavy atom. The van der Waals surface area contributed by atoms with Gasteiger partial charge in [0.2, 0.25) is 0 Å². The van der Waals surface area contributed by atoms with Crippen LogP contribution in [-0.2, 0) is 6.54 Å². The molecule has 0 saturated carbocycles. The van der Waals surface area contributed by atoms with Gasteiger partial charge in [-0.2, -0.15) is 0 Å². The molecule has 3 nitrogen and oxygen atoms in total. The highest BCUT2D eigenvalue weighted by Gasteiger charge is 2.08. The smallest absolute Gasteiger partial charge is 0.336 e. The molecule has 0 unspecified atom stereocenters. The fourth-order valence-corrected chi connectivity index (χ4v) is 2.61. The maximum absolute atomic E-state index is 10.9. The highest BCUT2D eigenvalue weighted by molar-refractivity contribution is 9.10. The molecule has 19 heavy (non-hydrogen) atoms. The molecule has 0 heterocycles. The molecule has 0 amide bonds. The van der Waals surface area contributed by atoms with Gasteiger partial charge in [0.15, 0.2) is 0 Å². The largest absolute Gasteiger partial charge is 0.478 e. The van der Waals surface area contributed by atoms with Gasteiger partial charge in [0.25, 0.3) is 0 Å².